The van der Waals surface area contributed by atoms with E-state index < -0.39 is 11.9 Å². The number of hydrogen-bond donors (Lipinski definition) is 1. The number of esters is 1. The first-order valence-corrected chi connectivity index (χ1v) is 9.38. The van der Waals surface area contributed by atoms with E-state index >= 15 is 0 Å². The minimum Gasteiger partial charge on any atom is -0.457 e. The first kappa shape index (κ1) is 18.2. The van der Waals surface area contributed by atoms with Gasteiger partial charge in [0.05, 0.1) is 17.1 Å². The van der Waals surface area contributed by atoms with Crippen LogP contribution in [0.15, 0.2) is 36.5 Å². The van der Waals surface area contributed by atoms with E-state index in [1.54, 1.807) is 30.5 Å². The number of carbonyl (C=O) groups is 2. The van der Waals surface area contributed by atoms with Gasteiger partial charge in [-0.2, -0.15) is 5.10 Å². The van der Waals surface area contributed by atoms with E-state index in [0.717, 1.165) is 29.7 Å². The number of rotatable bonds is 6. The van der Waals surface area contributed by atoms with Crippen LogP contribution in [-0.2, 0) is 11.3 Å². The Kier molecular flexibility index (Phi) is 4.58. The number of pyridine rings is 1. The van der Waals surface area contributed by atoms with Crippen molar-refractivity contribution in [2.24, 2.45) is 5.73 Å². The highest BCUT2D eigenvalue weighted by Crippen LogP contribution is 2.40. The summed E-state index contributed by atoms with van der Waals surface area (Å²) in [6.45, 7) is 4.18. The lowest BCUT2D eigenvalue weighted by Crippen LogP contribution is -2.11. The van der Waals surface area contributed by atoms with E-state index in [1.807, 2.05) is 24.6 Å². The van der Waals surface area contributed by atoms with Crippen molar-refractivity contribution in [2.45, 2.75) is 45.3 Å². The monoisotopic (exact) mass is 378 g/mol. The number of nitrogens with zero attached hydrogens (tertiary/aromatic N) is 3. The molecule has 28 heavy (non-hydrogen) atoms. The van der Waals surface area contributed by atoms with Crippen molar-refractivity contribution in [1.82, 2.24) is 14.8 Å². The van der Waals surface area contributed by atoms with Crippen molar-refractivity contribution >= 4 is 22.9 Å². The average Bonchev–Trinajstić information content (AvgIpc) is 3.44. The minimum atomic E-state index is -0.488. The lowest BCUT2D eigenvalue weighted by Gasteiger charge is -2.10. The fourth-order valence-electron chi connectivity index (χ4n) is 3.16. The summed E-state index contributed by atoms with van der Waals surface area (Å²) in [4.78, 5) is 28.7. The molecule has 2 aromatic heterocycles. The molecule has 0 unspecified atom stereocenters. The topological polar surface area (TPSA) is 100 Å². The summed E-state index contributed by atoms with van der Waals surface area (Å²) < 4.78 is 7.36. The van der Waals surface area contributed by atoms with Crippen molar-refractivity contribution in [3.05, 3.63) is 58.9 Å². The van der Waals surface area contributed by atoms with Gasteiger partial charge in [0.15, 0.2) is 5.65 Å². The van der Waals surface area contributed by atoms with Crippen LogP contribution in [-0.4, -0.2) is 26.6 Å². The summed E-state index contributed by atoms with van der Waals surface area (Å²) in [5.74, 6) is -0.484. The third-order valence-corrected chi connectivity index (χ3v) is 4.90. The molecule has 0 saturated heterocycles. The van der Waals surface area contributed by atoms with E-state index in [1.165, 1.54) is 0 Å². The maximum absolute atomic E-state index is 12.8. The number of ether oxygens (including phenoxy) is 1. The van der Waals surface area contributed by atoms with Gasteiger partial charge in [-0.25, -0.2) is 14.5 Å². The fraction of sp³-hybridized carbons (Fsp3) is 0.333. The number of benzene rings is 1. The highest BCUT2D eigenvalue weighted by molar-refractivity contribution is 6.02. The Morgan fingerprint density at radius 2 is 1.96 bits per heavy atom. The molecule has 1 aliphatic carbocycles. The molecule has 2 heterocycles. The molecular formula is C21H22N4O3. The summed E-state index contributed by atoms with van der Waals surface area (Å²) in [7, 11) is 0. The van der Waals surface area contributed by atoms with Crippen LogP contribution in [0.4, 0.5) is 0 Å². The zero-order valence-electron chi connectivity index (χ0n) is 15.9. The average molecular weight is 378 g/mol. The molecule has 1 fully saturated rings. The standard InChI is InChI=1S/C21H22N4O3/c1-12(2)25-20-17(10-23-25)16(9-18(24-20)14-7-8-14)21(27)28-11-13-3-5-15(6-4-13)19(22)26/h3-6,9-10,12,14H,7-8,11H2,1-2H3,(H2,22,26). The Hall–Kier alpha value is -3.22. The molecule has 2 N–H and O–H groups in total. The van der Waals surface area contributed by atoms with Gasteiger partial charge in [-0.05, 0) is 50.5 Å². The second-order valence-corrected chi connectivity index (χ2v) is 7.43. The maximum atomic E-state index is 12.8. The molecule has 4 rings (SSSR count). The van der Waals surface area contributed by atoms with Crippen LogP contribution < -0.4 is 5.73 Å². The summed E-state index contributed by atoms with van der Waals surface area (Å²) in [6.07, 6.45) is 3.86. The highest BCUT2D eigenvalue weighted by atomic mass is 16.5. The molecule has 0 radical (unpaired) electrons. The molecule has 3 aromatic rings. The number of fused-ring (bicyclic) bond motifs is 1. The second kappa shape index (κ2) is 7.07. The first-order chi connectivity index (χ1) is 13.4. The van der Waals surface area contributed by atoms with Gasteiger partial charge >= 0.3 is 5.97 Å². The smallest absolute Gasteiger partial charge is 0.339 e. The second-order valence-electron chi connectivity index (χ2n) is 7.43. The Morgan fingerprint density at radius 1 is 1.25 bits per heavy atom. The predicted octanol–water partition coefficient (Wildman–Crippen LogP) is 3.35. The molecule has 144 valence electrons. The molecule has 1 amide bonds. The molecular weight excluding hydrogens is 356 g/mol. The number of hydrogen-bond acceptors (Lipinski definition) is 5. The van der Waals surface area contributed by atoms with Crippen LogP contribution in [0, 0.1) is 0 Å². The quantitative estimate of drug-likeness (QED) is 0.663. The third-order valence-electron chi connectivity index (χ3n) is 4.90. The van der Waals surface area contributed by atoms with E-state index in [-0.39, 0.29) is 12.6 Å². The van der Waals surface area contributed by atoms with Gasteiger partial charge in [-0.1, -0.05) is 12.1 Å². The molecule has 1 aromatic carbocycles. The van der Waals surface area contributed by atoms with Gasteiger partial charge in [0.2, 0.25) is 5.91 Å². The lowest BCUT2D eigenvalue weighted by molar-refractivity contribution is 0.0474. The van der Waals surface area contributed by atoms with E-state index in [9.17, 15) is 9.59 Å². The molecule has 0 bridgehead atoms. The van der Waals surface area contributed by atoms with Gasteiger partial charge in [-0.15, -0.1) is 0 Å². The summed E-state index contributed by atoms with van der Waals surface area (Å²) in [6, 6.07) is 8.67. The predicted molar refractivity (Wildman–Crippen MR) is 104 cm³/mol. The molecule has 7 heteroatoms. The number of nitrogens with two attached hydrogens (primary N) is 1. The number of aromatic nitrogens is 3. The Bertz CT molecular complexity index is 1050. The number of carbonyl (C=O) groups excluding carboxylic acids is 2. The maximum Gasteiger partial charge on any atom is 0.339 e. The summed E-state index contributed by atoms with van der Waals surface area (Å²) >= 11 is 0. The Morgan fingerprint density at radius 3 is 2.57 bits per heavy atom. The molecule has 7 nitrogen and oxygen atoms in total. The largest absolute Gasteiger partial charge is 0.457 e. The first-order valence-electron chi connectivity index (χ1n) is 9.38. The van der Waals surface area contributed by atoms with Gasteiger partial charge in [0.1, 0.15) is 6.61 Å². The van der Waals surface area contributed by atoms with E-state index in [2.05, 4.69) is 5.10 Å². The van der Waals surface area contributed by atoms with Gasteiger partial charge in [0.25, 0.3) is 0 Å². The van der Waals surface area contributed by atoms with Crippen LogP contribution in [0.5, 0.6) is 0 Å². The van der Waals surface area contributed by atoms with Crippen molar-refractivity contribution in [3.8, 4) is 0 Å². The zero-order valence-corrected chi connectivity index (χ0v) is 15.9. The van der Waals surface area contributed by atoms with Crippen LogP contribution in [0.1, 0.15) is 70.6 Å². The summed E-state index contributed by atoms with van der Waals surface area (Å²) in [5, 5.41) is 5.11. The van der Waals surface area contributed by atoms with Crippen molar-refractivity contribution in [2.75, 3.05) is 0 Å². The van der Waals surface area contributed by atoms with Crippen molar-refractivity contribution < 1.29 is 14.3 Å². The molecule has 1 saturated carbocycles. The fourth-order valence-corrected chi connectivity index (χ4v) is 3.16. The van der Waals surface area contributed by atoms with Gasteiger partial charge in [0, 0.05) is 23.2 Å². The normalized spacial score (nSPS) is 13.8. The lowest BCUT2D eigenvalue weighted by atomic mass is 10.1. The van der Waals surface area contributed by atoms with Crippen LogP contribution in [0.3, 0.4) is 0 Å². The molecule has 0 spiro atoms. The minimum absolute atomic E-state index is 0.110. The van der Waals surface area contributed by atoms with Crippen molar-refractivity contribution in [3.63, 3.8) is 0 Å². The van der Waals surface area contributed by atoms with Crippen molar-refractivity contribution in [1.29, 1.82) is 0 Å². The zero-order chi connectivity index (χ0) is 19.8. The highest BCUT2D eigenvalue weighted by Gasteiger charge is 2.28. The molecule has 0 atom stereocenters. The Balaban J connectivity index is 1.60. The van der Waals surface area contributed by atoms with E-state index in [0.29, 0.717) is 22.4 Å². The number of primary amides is 1. The van der Waals surface area contributed by atoms with Crippen LogP contribution in [0.25, 0.3) is 11.0 Å². The van der Waals surface area contributed by atoms with Gasteiger partial charge < -0.3 is 10.5 Å². The van der Waals surface area contributed by atoms with Gasteiger partial charge in [-0.3, -0.25) is 4.79 Å². The summed E-state index contributed by atoms with van der Waals surface area (Å²) in [5.41, 5.74) is 8.58. The third kappa shape index (κ3) is 3.47. The number of amides is 1. The molecule has 1 aliphatic rings. The SMILES string of the molecule is CC(C)n1ncc2c(C(=O)OCc3ccc(C(N)=O)cc3)cc(C3CC3)nc21. The molecule has 0 aliphatic heterocycles. The Labute approximate surface area is 162 Å². The van der Waals surface area contributed by atoms with E-state index in [4.69, 9.17) is 15.5 Å². The van der Waals surface area contributed by atoms with Crippen LogP contribution >= 0.6 is 0 Å². The van der Waals surface area contributed by atoms with Crippen LogP contribution in [0.2, 0.25) is 0 Å².